The van der Waals surface area contributed by atoms with Crippen molar-refractivity contribution < 1.29 is 0 Å². The summed E-state index contributed by atoms with van der Waals surface area (Å²) in [5.41, 5.74) is 0. The molecule has 2 fully saturated rings. The third-order valence-electron chi connectivity index (χ3n) is 4.14. The molecule has 0 aromatic carbocycles. The van der Waals surface area contributed by atoms with Gasteiger partial charge in [0.05, 0.1) is 0 Å². The lowest BCUT2D eigenvalue weighted by Crippen LogP contribution is -2.53. The molecule has 1 saturated heterocycles. The van der Waals surface area contributed by atoms with Crippen molar-refractivity contribution in [2.75, 3.05) is 13.6 Å². The van der Waals surface area contributed by atoms with Gasteiger partial charge in [-0.2, -0.15) is 0 Å². The maximum Gasteiger partial charge on any atom is 0.0247 e. The van der Waals surface area contributed by atoms with E-state index in [2.05, 4.69) is 24.2 Å². The van der Waals surface area contributed by atoms with Gasteiger partial charge in [-0.3, -0.25) is 4.90 Å². The van der Waals surface area contributed by atoms with Crippen LogP contribution in [0.1, 0.15) is 45.4 Å². The lowest BCUT2D eigenvalue weighted by atomic mass is 9.97. The van der Waals surface area contributed by atoms with Gasteiger partial charge in [0.2, 0.25) is 0 Å². The SMILES string of the molecule is CC1NCCCC1N(C)C1CCCC1. The monoisotopic (exact) mass is 196 g/mol. The molecule has 1 aliphatic heterocycles. The maximum absolute atomic E-state index is 3.59. The molecule has 82 valence electrons. The summed E-state index contributed by atoms with van der Waals surface area (Å²) in [6, 6.07) is 2.35. The van der Waals surface area contributed by atoms with Crippen molar-refractivity contribution >= 4 is 0 Å². The zero-order valence-corrected chi connectivity index (χ0v) is 9.63. The molecule has 14 heavy (non-hydrogen) atoms. The Hall–Kier alpha value is -0.0800. The van der Waals surface area contributed by atoms with Crippen LogP contribution in [0.2, 0.25) is 0 Å². The Bertz CT molecular complexity index is 175. The van der Waals surface area contributed by atoms with Crippen LogP contribution in [0.5, 0.6) is 0 Å². The van der Waals surface area contributed by atoms with Gasteiger partial charge in [-0.05, 0) is 46.2 Å². The summed E-state index contributed by atoms with van der Waals surface area (Å²) in [6.45, 7) is 3.56. The molecule has 1 aliphatic carbocycles. The second kappa shape index (κ2) is 4.63. The van der Waals surface area contributed by atoms with Gasteiger partial charge in [0.25, 0.3) is 0 Å². The van der Waals surface area contributed by atoms with E-state index in [1.807, 2.05) is 0 Å². The van der Waals surface area contributed by atoms with Gasteiger partial charge in [0, 0.05) is 18.1 Å². The van der Waals surface area contributed by atoms with Crippen molar-refractivity contribution in [1.82, 2.24) is 10.2 Å². The minimum absolute atomic E-state index is 0.689. The molecular formula is C12H24N2. The Morgan fingerprint density at radius 3 is 2.43 bits per heavy atom. The molecule has 2 rings (SSSR count). The normalized spacial score (nSPS) is 35.4. The van der Waals surface area contributed by atoms with Gasteiger partial charge in [0.1, 0.15) is 0 Å². The molecule has 0 aromatic rings. The lowest BCUT2D eigenvalue weighted by Gasteiger charge is -2.40. The largest absolute Gasteiger partial charge is 0.313 e. The van der Waals surface area contributed by atoms with Crippen LogP contribution in [0.3, 0.4) is 0 Å². The highest BCUT2D eigenvalue weighted by molar-refractivity contribution is 4.88. The molecule has 2 heteroatoms. The summed E-state index contributed by atoms with van der Waals surface area (Å²) in [4.78, 5) is 2.66. The van der Waals surface area contributed by atoms with Gasteiger partial charge >= 0.3 is 0 Å². The molecule has 2 atom stereocenters. The maximum atomic E-state index is 3.59. The summed E-state index contributed by atoms with van der Waals surface area (Å²) in [5, 5.41) is 3.59. The van der Waals surface area contributed by atoms with Gasteiger partial charge in [0.15, 0.2) is 0 Å². The third kappa shape index (κ3) is 2.12. The molecule has 0 bridgehead atoms. The molecule has 0 aromatic heterocycles. The predicted molar refractivity (Wildman–Crippen MR) is 60.5 cm³/mol. The summed E-state index contributed by atoms with van der Waals surface area (Å²) in [5.74, 6) is 0. The van der Waals surface area contributed by atoms with Gasteiger partial charge in [-0.1, -0.05) is 12.8 Å². The first-order valence-electron chi connectivity index (χ1n) is 6.24. The van der Waals surface area contributed by atoms with E-state index < -0.39 is 0 Å². The van der Waals surface area contributed by atoms with E-state index >= 15 is 0 Å². The second-order valence-corrected chi connectivity index (χ2v) is 5.06. The van der Waals surface area contributed by atoms with Gasteiger partial charge < -0.3 is 5.32 Å². The van der Waals surface area contributed by atoms with Crippen LogP contribution in [0.25, 0.3) is 0 Å². The number of hydrogen-bond donors (Lipinski definition) is 1. The van der Waals surface area contributed by atoms with Crippen molar-refractivity contribution in [3.05, 3.63) is 0 Å². The Morgan fingerprint density at radius 2 is 1.79 bits per heavy atom. The number of hydrogen-bond acceptors (Lipinski definition) is 2. The Balaban J connectivity index is 1.91. The van der Waals surface area contributed by atoms with E-state index in [1.54, 1.807) is 0 Å². The van der Waals surface area contributed by atoms with Crippen LogP contribution in [0.15, 0.2) is 0 Å². The van der Waals surface area contributed by atoms with Crippen LogP contribution >= 0.6 is 0 Å². The number of likely N-dealkylation sites (N-methyl/N-ethyl adjacent to an activating group) is 1. The standard InChI is InChI=1S/C12H24N2/c1-10-12(8-5-9-13-10)14(2)11-6-3-4-7-11/h10-13H,3-9H2,1-2H3. The summed E-state index contributed by atoms with van der Waals surface area (Å²) in [7, 11) is 2.34. The highest BCUT2D eigenvalue weighted by Crippen LogP contribution is 2.26. The molecule has 0 spiro atoms. The zero-order chi connectivity index (χ0) is 9.97. The molecule has 2 nitrogen and oxygen atoms in total. The van der Waals surface area contributed by atoms with E-state index in [1.165, 1.54) is 45.1 Å². The van der Waals surface area contributed by atoms with Gasteiger partial charge in [-0.15, -0.1) is 0 Å². The summed E-state index contributed by atoms with van der Waals surface area (Å²) < 4.78 is 0. The predicted octanol–water partition coefficient (Wildman–Crippen LogP) is 2.00. The first-order chi connectivity index (χ1) is 6.79. The molecule has 1 heterocycles. The Kier molecular flexibility index (Phi) is 3.45. The number of rotatable bonds is 2. The topological polar surface area (TPSA) is 15.3 Å². The van der Waals surface area contributed by atoms with Crippen LogP contribution in [0.4, 0.5) is 0 Å². The average molecular weight is 196 g/mol. The molecular weight excluding hydrogens is 172 g/mol. The van der Waals surface area contributed by atoms with E-state index in [-0.39, 0.29) is 0 Å². The fourth-order valence-corrected chi connectivity index (χ4v) is 3.17. The van der Waals surface area contributed by atoms with Crippen molar-refractivity contribution in [2.24, 2.45) is 0 Å². The molecule has 2 aliphatic rings. The van der Waals surface area contributed by atoms with Crippen molar-refractivity contribution in [3.63, 3.8) is 0 Å². The highest BCUT2D eigenvalue weighted by Gasteiger charge is 2.30. The minimum atomic E-state index is 0.689. The minimum Gasteiger partial charge on any atom is -0.313 e. The van der Waals surface area contributed by atoms with Gasteiger partial charge in [-0.25, -0.2) is 0 Å². The first kappa shape index (κ1) is 10.4. The molecule has 2 unspecified atom stereocenters. The van der Waals surface area contributed by atoms with E-state index in [0.29, 0.717) is 6.04 Å². The smallest absolute Gasteiger partial charge is 0.0247 e. The first-order valence-corrected chi connectivity index (χ1v) is 6.24. The molecule has 0 radical (unpaired) electrons. The second-order valence-electron chi connectivity index (χ2n) is 5.06. The fourth-order valence-electron chi connectivity index (χ4n) is 3.17. The van der Waals surface area contributed by atoms with Crippen molar-refractivity contribution in [1.29, 1.82) is 0 Å². The average Bonchev–Trinajstić information content (AvgIpc) is 2.70. The quantitative estimate of drug-likeness (QED) is 0.726. The zero-order valence-electron chi connectivity index (χ0n) is 9.63. The van der Waals surface area contributed by atoms with Crippen LogP contribution < -0.4 is 5.32 Å². The molecule has 0 amide bonds. The summed E-state index contributed by atoms with van der Waals surface area (Å²) in [6.07, 6.45) is 8.50. The third-order valence-corrected chi connectivity index (χ3v) is 4.14. The van der Waals surface area contributed by atoms with Crippen LogP contribution in [-0.4, -0.2) is 36.6 Å². The van der Waals surface area contributed by atoms with Crippen molar-refractivity contribution in [2.45, 2.75) is 63.6 Å². The van der Waals surface area contributed by atoms with E-state index in [0.717, 1.165) is 12.1 Å². The van der Waals surface area contributed by atoms with Crippen LogP contribution in [0, 0.1) is 0 Å². The lowest BCUT2D eigenvalue weighted by molar-refractivity contribution is 0.119. The van der Waals surface area contributed by atoms with Crippen molar-refractivity contribution in [3.8, 4) is 0 Å². The Morgan fingerprint density at radius 1 is 1.07 bits per heavy atom. The van der Waals surface area contributed by atoms with Crippen LogP contribution in [-0.2, 0) is 0 Å². The Labute approximate surface area is 88.1 Å². The molecule has 1 N–H and O–H groups in total. The number of piperidine rings is 1. The van der Waals surface area contributed by atoms with E-state index in [4.69, 9.17) is 0 Å². The summed E-state index contributed by atoms with van der Waals surface area (Å²) >= 11 is 0. The highest BCUT2D eigenvalue weighted by atomic mass is 15.2. The fraction of sp³-hybridized carbons (Fsp3) is 1.00. The number of nitrogens with one attached hydrogen (secondary N) is 1. The number of nitrogens with zero attached hydrogens (tertiary/aromatic N) is 1. The molecule has 1 saturated carbocycles. The van der Waals surface area contributed by atoms with E-state index in [9.17, 15) is 0 Å².